The SMILES string of the molecule is CC1CCC(C(=O)N/C(=N/C2CC(C3CCC(F)CC3)NN2)NC(C)(C)C)CC1. The van der Waals surface area contributed by atoms with Crippen molar-refractivity contribution in [1.82, 2.24) is 21.5 Å². The molecule has 7 heteroatoms. The van der Waals surface area contributed by atoms with Crippen molar-refractivity contribution in [2.24, 2.45) is 22.7 Å². The predicted molar refractivity (Wildman–Crippen MR) is 115 cm³/mol. The highest BCUT2D eigenvalue weighted by Crippen LogP contribution is 2.31. The molecule has 0 aromatic carbocycles. The van der Waals surface area contributed by atoms with Gasteiger partial charge in [0.25, 0.3) is 0 Å². The van der Waals surface area contributed by atoms with E-state index in [4.69, 9.17) is 4.99 Å². The van der Waals surface area contributed by atoms with Crippen molar-refractivity contribution in [1.29, 1.82) is 0 Å². The van der Waals surface area contributed by atoms with Crippen molar-refractivity contribution < 1.29 is 9.18 Å². The minimum Gasteiger partial charge on any atom is -0.351 e. The lowest BCUT2D eigenvalue weighted by molar-refractivity contribution is -0.124. The number of amides is 1. The van der Waals surface area contributed by atoms with Crippen LogP contribution in [-0.2, 0) is 4.79 Å². The zero-order valence-corrected chi connectivity index (χ0v) is 18.6. The summed E-state index contributed by atoms with van der Waals surface area (Å²) in [5.41, 5.74) is 6.43. The number of aliphatic imine (C=N–C) groups is 1. The fraction of sp³-hybridized carbons (Fsp3) is 0.909. The second-order valence-electron chi connectivity index (χ2n) is 10.5. The summed E-state index contributed by atoms with van der Waals surface area (Å²) in [5, 5.41) is 6.43. The highest BCUT2D eigenvalue weighted by atomic mass is 19.1. The van der Waals surface area contributed by atoms with E-state index in [9.17, 15) is 9.18 Å². The third-order valence-corrected chi connectivity index (χ3v) is 6.59. The Morgan fingerprint density at radius 3 is 2.28 bits per heavy atom. The van der Waals surface area contributed by atoms with Crippen molar-refractivity contribution in [3.8, 4) is 0 Å². The lowest BCUT2D eigenvalue weighted by Crippen LogP contribution is -2.51. The van der Waals surface area contributed by atoms with E-state index >= 15 is 0 Å². The average molecular weight is 410 g/mol. The molecule has 1 aliphatic heterocycles. The van der Waals surface area contributed by atoms with Crippen LogP contribution < -0.4 is 21.5 Å². The Morgan fingerprint density at radius 1 is 1.00 bits per heavy atom. The quantitative estimate of drug-likeness (QED) is 0.426. The number of hydrogen-bond acceptors (Lipinski definition) is 4. The number of rotatable bonds is 3. The zero-order valence-electron chi connectivity index (χ0n) is 18.6. The van der Waals surface area contributed by atoms with Crippen LogP contribution in [0.1, 0.15) is 85.5 Å². The number of hydrazine groups is 1. The molecular weight excluding hydrogens is 369 g/mol. The van der Waals surface area contributed by atoms with Gasteiger partial charge >= 0.3 is 0 Å². The van der Waals surface area contributed by atoms with E-state index in [1.165, 1.54) is 0 Å². The lowest BCUT2D eigenvalue weighted by atomic mass is 9.82. The molecule has 3 rings (SSSR count). The van der Waals surface area contributed by atoms with Gasteiger partial charge in [0.1, 0.15) is 12.3 Å². The predicted octanol–water partition coefficient (Wildman–Crippen LogP) is 3.39. The number of guanidine groups is 1. The van der Waals surface area contributed by atoms with Gasteiger partial charge in [0.05, 0.1) is 0 Å². The van der Waals surface area contributed by atoms with E-state index in [2.05, 4.69) is 49.2 Å². The molecule has 2 unspecified atom stereocenters. The van der Waals surface area contributed by atoms with Gasteiger partial charge in [-0.1, -0.05) is 6.92 Å². The summed E-state index contributed by atoms with van der Waals surface area (Å²) in [7, 11) is 0. The van der Waals surface area contributed by atoms with Crippen LogP contribution in [0.15, 0.2) is 4.99 Å². The monoisotopic (exact) mass is 409 g/mol. The average Bonchev–Trinajstić information content (AvgIpc) is 3.09. The minimum absolute atomic E-state index is 0.0798. The summed E-state index contributed by atoms with van der Waals surface area (Å²) in [6.07, 6.45) is 7.48. The van der Waals surface area contributed by atoms with E-state index in [0.29, 0.717) is 30.8 Å². The summed E-state index contributed by atoms with van der Waals surface area (Å²) in [6, 6.07) is 0.308. The highest BCUT2D eigenvalue weighted by Gasteiger charge is 2.34. The molecule has 0 spiro atoms. The van der Waals surface area contributed by atoms with Crippen LogP contribution in [0.4, 0.5) is 4.39 Å². The van der Waals surface area contributed by atoms with E-state index in [1.807, 2.05) is 0 Å². The molecule has 2 atom stereocenters. The van der Waals surface area contributed by atoms with Crippen molar-refractivity contribution in [2.75, 3.05) is 0 Å². The Bertz CT molecular complexity index is 574. The third-order valence-electron chi connectivity index (χ3n) is 6.59. The Hall–Kier alpha value is -1.21. The molecular formula is C22H40FN5O. The number of hydrogen-bond donors (Lipinski definition) is 4. The van der Waals surface area contributed by atoms with Crippen molar-refractivity contribution in [3.05, 3.63) is 0 Å². The van der Waals surface area contributed by atoms with Crippen LogP contribution in [0.2, 0.25) is 0 Å². The first-order valence-electron chi connectivity index (χ1n) is 11.5. The molecule has 1 saturated heterocycles. The first kappa shape index (κ1) is 22.5. The number of halogens is 1. The molecule has 1 heterocycles. The maximum absolute atomic E-state index is 13.4. The summed E-state index contributed by atoms with van der Waals surface area (Å²) in [4.78, 5) is 17.6. The molecule has 4 N–H and O–H groups in total. The third kappa shape index (κ3) is 6.92. The van der Waals surface area contributed by atoms with Gasteiger partial charge in [-0.05, 0) is 84.0 Å². The first-order chi connectivity index (χ1) is 13.7. The van der Waals surface area contributed by atoms with Gasteiger partial charge in [-0.3, -0.25) is 15.5 Å². The standard InChI is InChI=1S/C22H40FN5O/c1-14-5-7-16(8-6-14)20(29)25-21(26-22(2,3)4)24-19-13-18(27-28-19)15-9-11-17(23)12-10-15/h14-19,27-28H,5-13H2,1-4H3,(H2,24,25,26,29). The molecule has 0 aromatic heterocycles. The van der Waals surface area contributed by atoms with Crippen LogP contribution in [0, 0.1) is 17.8 Å². The summed E-state index contributed by atoms with van der Waals surface area (Å²) < 4.78 is 13.4. The Balaban J connectivity index is 1.59. The maximum Gasteiger partial charge on any atom is 0.229 e. The smallest absolute Gasteiger partial charge is 0.229 e. The molecule has 29 heavy (non-hydrogen) atoms. The van der Waals surface area contributed by atoms with Crippen LogP contribution in [0.5, 0.6) is 0 Å². The van der Waals surface area contributed by atoms with E-state index in [1.54, 1.807) is 0 Å². The molecule has 0 aromatic rings. The van der Waals surface area contributed by atoms with Gasteiger partial charge in [0, 0.05) is 23.9 Å². The van der Waals surface area contributed by atoms with E-state index in [-0.39, 0.29) is 23.5 Å². The van der Waals surface area contributed by atoms with Crippen molar-refractivity contribution in [3.63, 3.8) is 0 Å². The highest BCUT2D eigenvalue weighted by molar-refractivity contribution is 5.98. The van der Waals surface area contributed by atoms with Crippen molar-refractivity contribution >= 4 is 11.9 Å². The number of alkyl halides is 1. The molecule has 3 fully saturated rings. The normalized spacial score (nSPS) is 36.7. The minimum atomic E-state index is -0.630. The number of nitrogens with one attached hydrogen (secondary N) is 4. The fourth-order valence-corrected chi connectivity index (χ4v) is 4.79. The Kier molecular flexibility index (Phi) is 7.54. The summed E-state index contributed by atoms with van der Waals surface area (Å²) in [5.74, 6) is 1.92. The fourth-order valence-electron chi connectivity index (χ4n) is 4.79. The van der Waals surface area contributed by atoms with Gasteiger partial charge in [0.15, 0.2) is 5.96 Å². The topological polar surface area (TPSA) is 77.5 Å². The van der Waals surface area contributed by atoms with Crippen LogP contribution in [0.3, 0.4) is 0 Å². The number of carbonyl (C=O) groups excluding carboxylic acids is 1. The number of carbonyl (C=O) groups is 1. The van der Waals surface area contributed by atoms with Crippen molar-refractivity contribution in [2.45, 2.75) is 109 Å². The first-order valence-corrected chi connectivity index (χ1v) is 11.5. The van der Waals surface area contributed by atoms with Crippen LogP contribution in [0.25, 0.3) is 0 Å². The summed E-state index contributed by atoms with van der Waals surface area (Å²) >= 11 is 0. The molecule has 2 aliphatic carbocycles. The maximum atomic E-state index is 13.4. The van der Waals surface area contributed by atoms with Gasteiger partial charge in [-0.2, -0.15) is 0 Å². The van der Waals surface area contributed by atoms with Gasteiger partial charge in [0.2, 0.25) is 5.91 Å². The molecule has 0 bridgehead atoms. The zero-order chi connectivity index (χ0) is 21.0. The Labute approximate surface area is 175 Å². The molecule has 0 radical (unpaired) electrons. The molecule has 3 aliphatic rings. The molecule has 1 amide bonds. The molecule has 6 nitrogen and oxygen atoms in total. The second kappa shape index (κ2) is 9.73. The van der Waals surface area contributed by atoms with Gasteiger partial charge in [-0.25, -0.2) is 14.8 Å². The largest absolute Gasteiger partial charge is 0.351 e. The van der Waals surface area contributed by atoms with E-state index < -0.39 is 6.17 Å². The van der Waals surface area contributed by atoms with Crippen LogP contribution in [-0.4, -0.2) is 35.8 Å². The van der Waals surface area contributed by atoms with Gasteiger partial charge < -0.3 is 5.32 Å². The number of nitrogens with zero attached hydrogens (tertiary/aromatic N) is 1. The van der Waals surface area contributed by atoms with E-state index in [0.717, 1.165) is 50.9 Å². The van der Waals surface area contributed by atoms with Crippen LogP contribution >= 0.6 is 0 Å². The molecule has 166 valence electrons. The molecule has 2 saturated carbocycles. The lowest BCUT2D eigenvalue weighted by Gasteiger charge is -2.29. The second-order valence-corrected chi connectivity index (χ2v) is 10.5. The van der Waals surface area contributed by atoms with Gasteiger partial charge in [-0.15, -0.1) is 0 Å². The summed E-state index contributed by atoms with van der Waals surface area (Å²) in [6.45, 7) is 8.46. The Morgan fingerprint density at radius 2 is 1.66 bits per heavy atom.